The van der Waals surface area contributed by atoms with Crippen LogP contribution >= 0.6 is 11.6 Å². The molecule has 0 N–H and O–H groups in total. The Kier molecular flexibility index (Phi) is 6.49. The van der Waals surface area contributed by atoms with Crippen molar-refractivity contribution in [3.63, 3.8) is 0 Å². The first-order valence-electron chi connectivity index (χ1n) is 10.8. The van der Waals surface area contributed by atoms with Crippen LogP contribution in [0, 0.1) is 35.4 Å². The maximum atomic E-state index is 14.3. The van der Waals surface area contributed by atoms with Crippen LogP contribution in [0.3, 0.4) is 0 Å². The molecular weight excluding hydrogens is 457 g/mol. The van der Waals surface area contributed by atoms with E-state index in [2.05, 4.69) is 0 Å². The fourth-order valence-electron chi connectivity index (χ4n) is 3.81. The van der Waals surface area contributed by atoms with Gasteiger partial charge in [-0.3, -0.25) is 4.79 Å². The lowest BCUT2D eigenvalue weighted by Gasteiger charge is -2.14. The molecule has 4 rings (SSSR count). The van der Waals surface area contributed by atoms with Gasteiger partial charge in [-0.2, -0.15) is 5.26 Å². The number of hydrogen-bond donors (Lipinski definition) is 0. The van der Waals surface area contributed by atoms with Crippen molar-refractivity contribution >= 4 is 17.6 Å². The molecule has 3 aromatic rings. The van der Waals surface area contributed by atoms with Gasteiger partial charge < -0.3 is 14.2 Å². The molecule has 5 nitrogen and oxygen atoms in total. The molecule has 7 heteroatoms. The maximum absolute atomic E-state index is 14.3. The highest BCUT2D eigenvalue weighted by molar-refractivity contribution is 6.32. The van der Waals surface area contributed by atoms with Crippen LogP contribution in [-0.4, -0.2) is 12.1 Å². The topological polar surface area (TPSA) is 68.5 Å². The van der Waals surface area contributed by atoms with Crippen LogP contribution in [0.25, 0.3) is 0 Å². The molecule has 34 heavy (non-hydrogen) atoms. The van der Waals surface area contributed by atoms with E-state index in [4.69, 9.17) is 25.8 Å². The molecule has 3 atom stereocenters. The number of halogens is 2. The van der Waals surface area contributed by atoms with Crippen LogP contribution in [-0.2, 0) is 9.53 Å². The summed E-state index contributed by atoms with van der Waals surface area (Å²) in [5.74, 6) is -0.887. The number of carbonyl (C=O) groups excluding carboxylic acids is 1. The predicted octanol–water partition coefficient (Wildman–Crippen LogP) is 6.79. The standard InChI is InChI=1S/C27H23ClFNO4/c1-16-9-12-21(19(28)13-16)33-25-24(27(25,2)3)26(31)34-23(15-30)17-10-11-20(29)22(14-17)32-18-7-5-4-6-8-18/h4-14,23-25H,1-3H3. The van der Waals surface area contributed by atoms with Crippen molar-refractivity contribution in [1.29, 1.82) is 5.26 Å². The Hall–Kier alpha value is -3.56. The summed E-state index contributed by atoms with van der Waals surface area (Å²) in [4.78, 5) is 13.0. The Balaban J connectivity index is 1.47. The minimum atomic E-state index is -1.23. The van der Waals surface area contributed by atoms with Gasteiger partial charge in [0, 0.05) is 11.0 Å². The number of carbonyl (C=O) groups is 1. The monoisotopic (exact) mass is 479 g/mol. The van der Waals surface area contributed by atoms with Gasteiger partial charge >= 0.3 is 5.97 Å². The van der Waals surface area contributed by atoms with Crippen molar-refractivity contribution < 1.29 is 23.4 Å². The van der Waals surface area contributed by atoms with Gasteiger partial charge in [-0.15, -0.1) is 0 Å². The molecule has 0 radical (unpaired) electrons. The summed E-state index contributed by atoms with van der Waals surface area (Å²) >= 11 is 6.27. The predicted molar refractivity (Wildman–Crippen MR) is 125 cm³/mol. The lowest BCUT2D eigenvalue weighted by Crippen LogP contribution is -2.16. The first kappa shape index (κ1) is 23.6. The Morgan fingerprint density at radius 2 is 1.82 bits per heavy atom. The molecule has 174 valence electrons. The molecule has 1 fully saturated rings. The minimum Gasteiger partial charge on any atom is -0.487 e. The molecule has 0 aliphatic heterocycles. The van der Waals surface area contributed by atoms with Crippen molar-refractivity contribution in [3.05, 3.63) is 88.7 Å². The molecular formula is C27H23ClFNO4. The van der Waals surface area contributed by atoms with Crippen molar-refractivity contribution in [2.24, 2.45) is 11.3 Å². The maximum Gasteiger partial charge on any atom is 0.315 e. The lowest BCUT2D eigenvalue weighted by atomic mass is 10.1. The summed E-state index contributed by atoms with van der Waals surface area (Å²) in [6.07, 6.45) is -1.68. The fraction of sp³-hybridized carbons (Fsp3) is 0.259. The van der Waals surface area contributed by atoms with E-state index in [-0.39, 0.29) is 5.75 Å². The third-order valence-corrected chi connectivity index (χ3v) is 6.20. The number of ether oxygens (including phenoxy) is 3. The van der Waals surface area contributed by atoms with Gasteiger partial charge in [-0.05, 0) is 48.9 Å². The van der Waals surface area contributed by atoms with E-state index >= 15 is 0 Å². The number of nitrogens with zero attached hydrogens (tertiary/aromatic N) is 1. The van der Waals surface area contributed by atoms with Crippen LogP contribution in [0.5, 0.6) is 17.2 Å². The van der Waals surface area contributed by atoms with E-state index < -0.39 is 35.3 Å². The molecule has 0 amide bonds. The average Bonchev–Trinajstić information content (AvgIpc) is 3.36. The number of hydrogen-bond acceptors (Lipinski definition) is 5. The SMILES string of the molecule is Cc1ccc(OC2C(C(=O)OC(C#N)c3ccc(F)c(Oc4ccccc4)c3)C2(C)C)c(Cl)c1. The highest BCUT2D eigenvalue weighted by Crippen LogP contribution is 2.55. The Bertz CT molecular complexity index is 1260. The molecule has 0 heterocycles. The van der Waals surface area contributed by atoms with Crippen molar-refractivity contribution in [1.82, 2.24) is 0 Å². The highest BCUT2D eigenvalue weighted by atomic mass is 35.5. The van der Waals surface area contributed by atoms with Crippen molar-refractivity contribution in [2.75, 3.05) is 0 Å². The van der Waals surface area contributed by atoms with Gasteiger partial charge in [0.15, 0.2) is 11.6 Å². The third kappa shape index (κ3) is 4.85. The zero-order valence-electron chi connectivity index (χ0n) is 18.9. The van der Waals surface area contributed by atoms with E-state index in [1.54, 1.807) is 36.4 Å². The minimum absolute atomic E-state index is 0.0676. The van der Waals surface area contributed by atoms with Crippen LogP contribution < -0.4 is 9.47 Å². The first-order valence-corrected chi connectivity index (χ1v) is 11.1. The molecule has 0 bridgehead atoms. The second-order valence-corrected chi connectivity index (χ2v) is 9.23. The number of esters is 1. The normalized spacial score (nSPS) is 18.9. The molecule has 1 aliphatic rings. The van der Waals surface area contributed by atoms with Crippen LogP contribution in [0.2, 0.25) is 5.02 Å². The summed E-state index contributed by atoms with van der Waals surface area (Å²) < 4.78 is 31.4. The number of aryl methyl sites for hydroxylation is 1. The third-order valence-electron chi connectivity index (χ3n) is 5.90. The largest absolute Gasteiger partial charge is 0.487 e. The van der Waals surface area contributed by atoms with E-state index in [9.17, 15) is 14.4 Å². The smallest absolute Gasteiger partial charge is 0.315 e. The van der Waals surface area contributed by atoms with Gasteiger partial charge in [0.05, 0.1) is 5.02 Å². The Morgan fingerprint density at radius 3 is 2.50 bits per heavy atom. The lowest BCUT2D eigenvalue weighted by molar-refractivity contribution is -0.149. The Labute approximate surface area is 202 Å². The van der Waals surface area contributed by atoms with Gasteiger partial charge in [0.2, 0.25) is 6.10 Å². The van der Waals surface area contributed by atoms with Crippen LogP contribution in [0.1, 0.15) is 31.1 Å². The van der Waals surface area contributed by atoms with Gasteiger partial charge in [-0.25, -0.2) is 4.39 Å². The number of benzene rings is 3. The van der Waals surface area contributed by atoms with Crippen LogP contribution in [0.15, 0.2) is 66.7 Å². The van der Waals surface area contributed by atoms with Gasteiger partial charge in [0.1, 0.15) is 29.6 Å². The first-order chi connectivity index (χ1) is 16.2. The Morgan fingerprint density at radius 1 is 1.09 bits per heavy atom. The van der Waals surface area contributed by atoms with E-state index in [1.165, 1.54) is 18.2 Å². The van der Waals surface area contributed by atoms with Gasteiger partial charge in [-0.1, -0.05) is 55.8 Å². The second kappa shape index (κ2) is 9.36. The molecule has 0 aromatic heterocycles. The van der Waals surface area contributed by atoms with Crippen molar-refractivity contribution in [3.8, 4) is 23.3 Å². The molecule has 3 unspecified atom stereocenters. The number of nitriles is 1. The fourth-order valence-corrected chi connectivity index (χ4v) is 4.09. The molecule has 1 aliphatic carbocycles. The second-order valence-electron chi connectivity index (χ2n) is 8.82. The summed E-state index contributed by atoms with van der Waals surface area (Å²) in [6, 6.07) is 20.0. The molecule has 0 saturated heterocycles. The number of rotatable bonds is 7. The molecule has 1 saturated carbocycles. The van der Waals surface area contributed by atoms with Gasteiger partial charge in [0.25, 0.3) is 0 Å². The molecule has 3 aromatic carbocycles. The van der Waals surface area contributed by atoms with E-state index in [0.29, 0.717) is 22.1 Å². The number of para-hydroxylation sites is 1. The van der Waals surface area contributed by atoms with Crippen LogP contribution in [0.4, 0.5) is 4.39 Å². The quantitative estimate of drug-likeness (QED) is 0.349. The zero-order chi connectivity index (χ0) is 24.5. The van der Waals surface area contributed by atoms with E-state index in [1.807, 2.05) is 39.0 Å². The highest BCUT2D eigenvalue weighted by Gasteiger charge is 2.65. The van der Waals surface area contributed by atoms with Crippen molar-refractivity contribution in [2.45, 2.75) is 33.0 Å². The molecule has 0 spiro atoms. The van der Waals surface area contributed by atoms with E-state index in [0.717, 1.165) is 5.56 Å². The summed E-state index contributed by atoms with van der Waals surface area (Å²) in [7, 11) is 0. The summed E-state index contributed by atoms with van der Waals surface area (Å²) in [5, 5.41) is 10.1. The zero-order valence-corrected chi connectivity index (χ0v) is 19.7. The summed E-state index contributed by atoms with van der Waals surface area (Å²) in [6.45, 7) is 5.69. The summed E-state index contributed by atoms with van der Waals surface area (Å²) in [5.41, 5.74) is 0.797. The average molecular weight is 480 g/mol.